The Morgan fingerprint density at radius 1 is 1.05 bits per heavy atom. The van der Waals surface area contributed by atoms with Gasteiger partial charge in [0.1, 0.15) is 0 Å². The van der Waals surface area contributed by atoms with E-state index in [0.29, 0.717) is 12.1 Å². The molecule has 0 saturated carbocycles. The molecule has 2 aromatic rings. The number of ether oxygens (including phenoxy) is 1. The lowest BCUT2D eigenvalue weighted by molar-refractivity contribution is 0.142. The maximum atomic E-state index is 5.54. The van der Waals surface area contributed by atoms with Gasteiger partial charge in [0.05, 0.1) is 0 Å². The summed E-state index contributed by atoms with van der Waals surface area (Å²) in [6.45, 7) is 4.08. The van der Waals surface area contributed by atoms with Crippen molar-refractivity contribution in [3.63, 3.8) is 0 Å². The summed E-state index contributed by atoms with van der Waals surface area (Å²) >= 11 is 0. The standard InChI is InChI=1S/C18H23NO/c1-14(19-16-8-5-12-20-13-11-16)17-10-4-7-15-6-2-3-9-18(15)17/h2-4,6-7,9-10,14,16,19H,5,8,11-13H2,1H3. The first-order valence-electron chi connectivity index (χ1n) is 7.66. The van der Waals surface area contributed by atoms with Crippen LogP contribution >= 0.6 is 0 Å². The Labute approximate surface area is 121 Å². The molecule has 1 aliphatic rings. The van der Waals surface area contributed by atoms with Crippen LogP contribution in [0.5, 0.6) is 0 Å². The van der Waals surface area contributed by atoms with Crippen LogP contribution < -0.4 is 5.32 Å². The number of nitrogens with one attached hydrogen (secondary N) is 1. The lowest BCUT2D eigenvalue weighted by Gasteiger charge is -2.23. The van der Waals surface area contributed by atoms with Crippen LogP contribution in [0.1, 0.15) is 37.8 Å². The van der Waals surface area contributed by atoms with Crippen molar-refractivity contribution in [2.45, 2.75) is 38.3 Å². The molecule has 2 unspecified atom stereocenters. The quantitative estimate of drug-likeness (QED) is 0.907. The highest BCUT2D eigenvalue weighted by Crippen LogP contribution is 2.25. The fourth-order valence-corrected chi connectivity index (χ4v) is 3.14. The molecule has 1 N–H and O–H groups in total. The average molecular weight is 269 g/mol. The summed E-state index contributed by atoms with van der Waals surface area (Å²) in [6.07, 6.45) is 3.50. The van der Waals surface area contributed by atoms with Gasteiger partial charge in [-0.15, -0.1) is 0 Å². The van der Waals surface area contributed by atoms with E-state index >= 15 is 0 Å². The third kappa shape index (κ3) is 3.02. The molecule has 1 heterocycles. The van der Waals surface area contributed by atoms with Crippen LogP contribution in [0.25, 0.3) is 10.8 Å². The first-order chi connectivity index (χ1) is 9.84. The van der Waals surface area contributed by atoms with Crippen LogP contribution in [0.15, 0.2) is 42.5 Å². The lowest BCUT2D eigenvalue weighted by Crippen LogP contribution is -2.31. The van der Waals surface area contributed by atoms with Gasteiger partial charge in [0.25, 0.3) is 0 Å². The van der Waals surface area contributed by atoms with E-state index in [0.717, 1.165) is 19.6 Å². The van der Waals surface area contributed by atoms with E-state index in [-0.39, 0.29) is 0 Å². The lowest BCUT2D eigenvalue weighted by atomic mass is 9.98. The van der Waals surface area contributed by atoms with E-state index in [4.69, 9.17) is 4.74 Å². The van der Waals surface area contributed by atoms with E-state index in [1.807, 2.05) is 0 Å². The molecule has 0 spiro atoms. The Morgan fingerprint density at radius 3 is 2.85 bits per heavy atom. The Morgan fingerprint density at radius 2 is 1.90 bits per heavy atom. The van der Waals surface area contributed by atoms with Crippen LogP contribution in [-0.2, 0) is 4.74 Å². The first-order valence-corrected chi connectivity index (χ1v) is 7.66. The van der Waals surface area contributed by atoms with Crippen molar-refractivity contribution in [1.29, 1.82) is 0 Å². The van der Waals surface area contributed by atoms with Crippen molar-refractivity contribution in [2.75, 3.05) is 13.2 Å². The monoisotopic (exact) mass is 269 g/mol. The molecule has 0 bridgehead atoms. The molecule has 2 atom stereocenters. The van der Waals surface area contributed by atoms with E-state index in [1.165, 1.54) is 29.2 Å². The molecule has 106 valence electrons. The molecule has 0 aliphatic carbocycles. The Bertz CT molecular complexity index is 553. The van der Waals surface area contributed by atoms with Gasteiger partial charge in [-0.1, -0.05) is 42.5 Å². The predicted octanol–water partition coefficient (Wildman–Crippen LogP) is 4.06. The van der Waals surface area contributed by atoms with Gasteiger partial charge >= 0.3 is 0 Å². The minimum absolute atomic E-state index is 0.379. The Kier molecular flexibility index (Phi) is 4.34. The number of fused-ring (bicyclic) bond motifs is 1. The highest BCUT2D eigenvalue weighted by Gasteiger charge is 2.16. The van der Waals surface area contributed by atoms with Crippen molar-refractivity contribution in [1.82, 2.24) is 5.32 Å². The molecule has 1 fully saturated rings. The zero-order chi connectivity index (χ0) is 13.8. The number of hydrogen-bond acceptors (Lipinski definition) is 2. The van der Waals surface area contributed by atoms with Gasteiger partial charge in [-0.25, -0.2) is 0 Å². The molecule has 2 heteroatoms. The second-order valence-electron chi connectivity index (χ2n) is 5.70. The van der Waals surface area contributed by atoms with Crippen LogP contribution in [-0.4, -0.2) is 19.3 Å². The molecule has 1 aliphatic heterocycles. The van der Waals surface area contributed by atoms with Crippen molar-refractivity contribution in [3.05, 3.63) is 48.0 Å². The second kappa shape index (κ2) is 6.38. The van der Waals surface area contributed by atoms with E-state index in [2.05, 4.69) is 54.7 Å². The van der Waals surface area contributed by atoms with Gasteiger partial charge in [-0.05, 0) is 42.5 Å². The molecule has 20 heavy (non-hydrogen) atoms. The summed E-state index contributed by atoms with van der Waals surface area (Å²) < 4.78 is 5.54. The maximum absolute atomic E-state index is 5.54. The second-order valence-corrected chi connectivity index (χ2v) is 5.70. The summed E-state index contributed by atoms with van der Waals surface area (Å²) in [4.78, 5) is 0. The fourth-order valence-electron chi connectivity index (χ4n) is 3.14. The Hall–Kier alpha value is -1.38. The smallest absolute Gasteiger partial charge is 0.0480 e. The minimum atomic E-state index is 0.379. The largest absolute Gasteiger partial charge is 0.381 e. The molecular formula is C18H23NO. The van der Waals surface area contributed by atoms with Crippen molar-refractivity contribution < 1.29 is 4.74 Å². The van der Waals surface area contributed by atoms with Crippen LogP contribution in [0.3, 0.4) is 0 Å². The summed E-state index contributed by atoms with van der Waals surface area (Å²) in [5, 5.41) is 6.47. The third-order valence-electron chi connectivity index (χ3n) is 4.23. The molecule has 3 rings (SSSR count). The predicted molar refractivity (Wildman–Crippen MR) is 84.0 cm³/mol. The summed E-state index contributed by atoms with van der Waals surface area (Å²) in [5.74, 6) is 0. The minimum Gasteiger partial charge on any atom is -0.381 e. The van der Waals surface area contributed by atoms with Gasteiger partial charge < -0.3 is 10.1 Å². The summed E-state index contributed by atoms with van der Waals surface area (Å²) in [5.41, 5.74) is 1.40. The van der Waals surface area contributed by atoms with Gasteiger partial charge in [0.15, 0.2) is 0 Å². The van der Waals surface area contributed by atoms with Crippen molar-refractivity contribution in [2.24, 2.45) is 0 Å². The zero-order valence-corrected chi connectivity index (χ0v) is 12.1. The zero-order valence-electron chi connectivity index (χ0n) is 12.1. The molecule has 0 aromatic heterocycles. The fraction of sp³-hybridized carbons (Fsp3) is 0.444. The highest BCUT2D eigenvalue weighted by molar-refractivity contribution is 5.86. The van der Waals surface area contributed by atoms with E-state index in [1.54, 1.807) is 0 Å². The normalized spacial score (nSPS) is 21.6. The average Bonchev–Trinajstić information content (AvgIpc) is 2.75. The molecular weight excluding hydrogens is 246 g/mol. The van der Waals surface area contributed by atoms with Crippen molar-refractivity contribution in [3.8, 4) is 0 Å². The molecule has 1 saturated heterocycles. The van der Waals surface area contributed by atoms with Crippen molar-refractivity contribution >= 4 is 10.8 Å². The van der Waals surface area contributed by atoms with E-state index < -0.39 is 0 Å². The van der Waals surface area contributed by atoms with Gasteiger partial charge in [-0.3, -0.25) is 0 Å². The third-order valence-corrected chi connectivity index (χ3v) is 4.23. The molecule has 0 amide bonds. The van der Waals surface area contributed by atoms with Crippen LogP contribution in [0, 0.1) is 0 Å². The molecule has 0 radical (unpaired) electrons. The number of hydrogen-bond donors (Lipinski definition) is 1. The molecule has 2 aromatic carbocycles. The maximum Gasteiger partial charge on any atom is 0.0480 e. The SMILES string of the molecule is CC(NC1CCCOCC1)c1cccc2ccccc12. The highest BCUT2D eigenvalue weighted by atomic mass is 16.5. The van der Waals surface area contributed by atoms with E-state index in [9.17, 15) is 0 Å². The van der Waals surface area contributed by atoms with Gasteiger partial charge in [0.2, 0.25) is 0 Å². The van der Waals surface area contributed by atoms with Crippen LogP contribution in [0.2, 0.25) is 0 Å². The number of benzene rings is 2. The Balaban J connectivity index is 1.79. The summed E-state index contributed by atoms with van der Waals surface area (Å²) in [7, 11) is 0. The van der Waals surface area contributed by atoms with Crippen LogP contribution in [0.4, 0.5) is 0 Å². The number of rotatable bonds is 3. The van der Waals surface area contributed by atoms with Gasteiger partial charge in [0, 0.05) is 25.3 Å². The first kappa shape index (κ1) is 13.6. The topological polar surface area (TPSA) is 21.3 Å². The summed E-state index contributed by atoms with van der Waals surface area (Å²) in [6, 6.07) is 16.2. The molecule has 2 nitrogen and oxygen atoms in total. The van der Waals surface area contributed by atoms with Gasteiger partial charge in [-0.2, -0.15) is 0 Å².